The maximum Gasteiger partial charge on any atom is 0.135 e. The average molecular weight is 236 g/mol. The topological polar surface area (TPSA) is 27.1 Å². The third-order valence-corrected chi connectivity index (χ3v) is 4.12. The summed E-state index contributed by atoms with van der Waals surface area (Å²) in [6.45, 7) is 1.63. The van der Waals surface area contributed by atoms with Crippen molar-refractivity contribution in [1.29, 1.82) is 0 Å². The molecule has 0 N–H and O–H groups in total. The number of aromatic nitrogens is 2. The summed E-state index contributed by atoms with van der Waals surface area (Å²) < 4.78 is 8.38. The SMILES string of the molecule is [B]c1ccc2c(c1)CCC21OCCn2cncc21. The van der Waals surface area contributed by atoms with E-state index in [0.717, 1.165) is 31.5 Å². The van der Waals surface area contributed by atoms with E-state index in [-0.39, 0.29) is 5.60 Å². The number of fused-ring (bicyclic) bond motifs is 4. The van der Waals surface area contributed by atoms with Crippen LogP contribution < -0.4 is 5.46 Å². The molecule has 1 aliphatic heterocycles. The van der Waals surface area contributed by atoms with E-state index in [0.29, 0.717) is 0 Å². The Bertz CT molecular complexity index is 622. The normalized spacial score (nSPS) is 25.1. The summed E-state index contributed by atoms with van der Waals surface area (Å²) in [6.07, 6.45) is 5.84. The molecule has 4 rings (SSSR count). The molecule has 2 aromatic rings. The molecule has 0 amide bonds. The van der Waals surface area contributed by atoms with Gasteiger partial charge in [-0.15, -0.1) is 0 Å². The van der Waals surface area contributed by atoms with E-state index >= 15 is 0 Å². The van der Waals surface area contributed by atoms with Crippen molar-refractivity contribution >= 4 is 13.3 Å². The predicted molar refractivity (Wildman–Crippen MR) is 69.1 cm³/mol. The fourth-order valence-electron chi connectivity index (χ4n) is 3.30. The molecule has 3 nitrogen and oxygen atoms in total. The maximum absolute atomic E-state index is 6.18. The molecule has 2 radical (unpaired) electrons. The summed E-state index contributed by atoms with van der Waals surface area (Å²) in [5.41, 5.74) is 4.29. The van der Waals surface area contributed by atoms with Gasteiger partial charge in [0, 0.05) is 6.54 Å². The molecule has 2 aliphatic rings. The predicted octanol–water partition coefficient (Wildman–Crippen LogP) is 0.897. The monoisotopic (exact) mass is 236 g/mol. The zero-order chi connectivity index (χ0) is 12.2. The Kier molecular flexibility index (Phi) is 2.01. The lowest BCUT2D eigenvalue weighted by Gasteiger charge is -2.35. The van der Waals surface area contributed by atoms with Gasteiger partial charge in [0.2, 0.25) is 0 Å². The number of nitrogens with zero attached hydrogens (tertiary/aromatic N) is 2. The molecule has 88 valence electrons. The Morgan fingerprint density at radius 1 is 1.39 bits per heavy atom. The van der Waals surface area contributed by atoms with Crippen LogP contribution in [0.5, 0.6) is 0 Å². The van der Waals surface area contributed by atoms with Crippen LogP contribution >= 0.6 is 0 Å². The van der Waals surface area contributed by atoms with E-state index in [1.54, 1.807) is 0 Å². The fourth-order valence-corrected chi connectivity index (χ4v) is 3.30. The molecule has 1 aliphatic carbocycles. The summed E-state index contributed by atoms with van der Waals surface area (Å²) in [7, 11) is 5.87. The summed E-state index contributed by atoms with van der Waals surface area (Å²) in [6, 6.07) is 6.15. The zero-order valence-corrected chi connectivity index (χ0v) is 10.1. The number of benzene rings is 1. The molecule has 0 saturated carbocycles. The highest BCUT2D eigenvalue weighted by Gasteiger charge is 2.45. The van der Waals surface area contributed by atoms with Crippen LogP contribution in [0.2, 0.25) is 0 Å². The Balaban J connectivity index is 1.95. The van der Waals surface area contributed by atoms with E-state index in [1.807, 2.05) is 18.6 Å². The van der Waals surface area contributed by atoms with Gasteiger partial charge < -0.3 is 9.30 Å². The van der Waals surface area contributed by atoms with Crippen LogP contribution in [-0.4, -0.2) is 24.0 Å². The van der Waals surface area contributed by atoms with Gasteiger partial charge in [0.1, 0.15) is 13.4 Å². The minimum absolute atomic E-state index is 0.294. The van der Waals surface area contributed by atoms with Crippen LogP contribution in [0.25, 0.3) is 0 Å². The summed E-state index contributed by atoms with van der Waals surface area (Å²) in [4.78, 5) is 4.27. The number of hydrogen-bond donors (Lipinski definition) is 0. The first-order chi connectivity index (χ1) is 8.79. The van der Waals surface area contributed by atoms with Gasteiger partial charge in [0.25, 0.3) is 0 Å². The molecule has 1 unspecified atom stereocenters. The highest BCUT2D eigenvalue weighted by atomic mass is 16.5. The van der Waals surface area contributed by atoms with E-state index in [1.165, 1.54) is 16.8 Å². The Hall–Kier alpha value is -1.55. The minimum atomic E-state index is -0.294. The van der Waals surface area contributed by atoms with Crippen molar-refractivity contribution in [3.8, 4) is 0 Å². The third-order valence-electron chi connectivity index (χ3n) is 4.12. The van der Waals surface area contributed by atoms with Crippen LogP contribution in [0.1, 0.15) is 23.2 Å². The second-order valence-electron chi connectivity index (χ2n) is 5.06. The third kappa shape index (κ3) is 1.21. The van der Waals surface area contributed by atoms with Crippen LogP contribution in [0.15, 0.2) is 30.7 Å². The van der Waals surface area contributed by atoms with Crippen LogP contribution in [-0.2, 0) is 23.3 Å². The van der Waals surface area contributed by atoms with Crippen molar-refractivity contribution in [3.63, 3.8) is 0 Å². The lowest BCUT2D eigenvalue weighted by atomic mass is 9.87. The molecular formula is C14H13BN2O. The number of rotatable bonds is 0. The van der Waals surface area contributed by atoms with Gasteiger partial charge in [0.05, 0.1) is 24.8 Å². The van der Waals surface area contributed by atoms with Crippen LogP contribution in [0, 0.1) is 0 Å². The van der Waals surface area contributed by atoms with Gasteiger partial charge in [0.15, 0.2) is 0 Å². The quantitative estimate of drug-likeness (QED) is 0.635. The lowest BCUT2D eigenvalue weighted by Crippen LogP contribution is -2.37. The number of aryl methyl sites for hydroxylation is 1. The molecule has 18 heavy (non-hydrogen) atoms. The molecule has 1 atom stereocenters. The Morgan fingerprint density at radius 2 is 2.33 bits per heavy atom. The summed E-state index contributed by atoms with van der Waals surface area (Å²) in [5, 5.41) is 0. The fraction of sp³-hybridized carbons (Fsp3) is 0.357. The van der Waals surface area contributed by atoms with Crippen molar-refractivity contribution in [2.45, 2.75) is 25.0 Å². The average Bonchev–Trinajstić information content (AvgIpc) is 2.96. The number of imidazole rings is 1. The van der Waals surface area contributed by atoms with Gasteiger partial charge in [-0.05, 0) is 24.0 Å². The van der Waals surface area contributed by atoms with Crippen molar-refractivity contribution in [2.75, 3.05) is 6.61 Å². The molecular weight excluding hydrogens is 223 g/mol. The van der Waals surface area contributed by atoms with Gasteiger partial charge in [-0.2, -0.15) is 0 Å². The van der Waals surface area contributed by atoms with E-state index in [4.69, 9.17) is 12.6 Å². The lowest BCUT2D eigenvalue weighted by molar-refractivity contribution is -0.0457. The summed E-state index contributed by atoms with van der Waals surface area (Å²) >= 11 is 0. The van der Waals surface area contributed by atoms with Gasteiger partial charge in [-0.1, -0.05) is 23.7 Å². The highest BCUT2D eigenvalue weighted by Crippen LogP contribution is 2.46. The van der Waals surface area contributed by atoms with Crippen LogP contribution in [0.4, 0.5) is 0 Å². The van der Waals surface area contributed by atoms with E-state index in [2.05, 4.69) is 21.7 Å². The van der Waals surface area contributed by atoms with Crippen molar-refractivity contribution in [2.24, 2.45) is 0 Å². The van der Waals surface area contributed by atoms with Gasteiger partial charge in [-0.3, -0.25) is 0 Å². The van der Waals surface area contributed by atoms with E-state index in [9.17, 15) is 0 Å². The van der Waals surface area contributed by atoms with E-state index < -0.39 is 0 Å². The van der Waals surface area contributed by atoms with Crippen LogP contribution in [0.3, 0.4) is 0 Å². The second kappa shape index (κ2) is 3.48. The molecule has 0 bridgehead atoms. The highest BCUT2D eigenvalue weighted by molar-refractivity contribution is 6.32. The van der Waals surface area contributed by atoms with Gasteiger partial charge in [-0.25, -0.2) is 4.98 Å². The minimum Gasteiger partial charge on any atom is -0.362 e. The molecule has 1 spiro atoms. The first kappa shape index (κ1) is 10.4. The van der Waals surface area contributed by atoms with Crippen molar-refractivity contribution in [3.05, 3.63) is 47.5 Å². The molecule has 0 fully saturated rings. The van der Waals surface area contributed by atoms with Crippen molar-refractivity contribution < 1.29 is 4.74 Å². The molecule has 1 aromatic carbocycles. The molecule has 0 saturated heterocycles. The number of ether oxygens (including phenoxy) is 1. The number of hydrogen-bond acceptors (Lipinski definition) is 2. The second-order valence-corrected chi connectivity index (χ2v) is 5.06. The van der Waals surface area contributed by atoms with Gasteiger partial charge >= 0.3 is 0 Å². The zero-order valence-electron chi connectivity index (χ0n) is 10.1. The Labute approximate surface area is 107 Å². The maximum atomic E-state index is 6.18. The van der Waals surface area contributed by atoms with Crippen molar-refractivity contribution in [1.82, 2.24) is 9.55 Å². The first-order valence-electron chi connectivity index (χ1n) is 6.33. The smallest absolute Gasteiger partial charge is 0.135 e. The molecule has 4 heteroatoms. The standard InChI is InChI=1S/C14H13BN2O/c15-11-1-2-12-10(7-11)3-4-14(12)13-8-16-9-17(13)5-6-18-14/h1-2,7-9H,3-6H2. The largest absolute Gasteiger partial charge is 0.362 e. The molecule has 2 heterocycles. The first-order valence-corrected chi connectivity index (χ1v) is 6.33. The Morgan fingerprint density at radius 3 is 3.28 bits per heavy atom. The summed E-state index contributed by atoms with van der Waals surface area (Å²) in [5.74, 6) is 0. The molecule has 1 aromatic heterocycles.